The Morgan fingerprint density at radius 1 is 1.00 bits per heavy atom. The van der Waals surface area contributed by atoms with Crippen LogP contribution >= 0.6 is 11.3 Å². The van der Waals surface area contributed by atoms with Crippen molar-refractivity contribution in [3.05, 3.63) is 58.8 Å². The van der Waals surface area contributed by atoms with Gasteiger partial charge in [-0.25, -0.2) is 19.4 Å². The van der Waals surface area contributed by atoms with Gasteiger partial charge in [-0.05, 0) is 30.3 Å². The molecule has 8 nitrogen and oxygen atoms in total. The van der Waals surface area contributed by atoms with E-state index in [0.29, 0.717) is 10.8 Å². The van der Waals surface area contributed by atoms with Crippen LogP contribution in [0.3, 0.4) is 0 Å². The molecule has 0 amide bonds. The molecule has 0 saturated carbocycles. The minimum absolute atomic E-state index is 0.0177. The molecule has 0 aliphatic heterocycles. The van der Waals surface area contributed by atoms with Gasteiger partial charge in [0.15, 0.2) is 16.5 Å². The minimum Gasteiger partial charge on any atom is -0.465 e. The van der Waals surface area contributed by atoms with Gasteiger partial charge in [0.05, 0.1) is 31.6 Å². The first kappa shape index (κ1) is 18.3. The Morgan fingerprint density at radius 2 is 1.67 bits per heavy atom. The lowest BCUT2D eigenvalue weighted by atomic mass is 10.1. The summed E-state index contributed by atoms with van der Waals surface area (Å²) < 4.78 is 19.8. The maximum atomic E-state index is 12.4. The fourth-order valence-electron chi connectivity index (χ4n) is 2.17. The average molecular weight is 387 g/mol. The van der Waals surface area contributed by atoms with E-state index in [0.717, 1.165) is 0 Å². The van der Waals surface area contributed by atoms with Gasteiger partial charge in [0.25, 0.3) is 0 Å². The van der Waals surface area contributed by atoms with Crippen LogP contribution in [-0.4, -0.2) is 37.1 Å². The van der Waals surface area contributed by atoms with Crippen LogP contribution in [0.2, 0.25) is 0 Å². The number of carbonyl (C=O) groups is 3. The summed E-state index contributed by atoms with van der Waals surface area (Å²) in [5, 5.41) is 2.04. The van der Waals surface area contributed by atoms with E-state index in [2.05, 4.69) is 14.5 Å². The largest absolute Gasteiger partial charge is 0.465 e. The van der Waals surface area contributed by atoms with Crippen LogP contribution in [-0.2, 0) is 9.47 Å². The first-order chi connectivity index (χ1) is 13.0. The molecule has 0 bridgehead atoms. The van der Waals surface area contributed by atoms with E-state index >= 15 is 0 Å². The zero-order valence-electron chi connectivity index (χ0n) is 14.3. The summed E-state index contributed by atoms with van der Waals surface area (Å²) in [7, 11) is 2.40. The van der Waals surface area contributed by atoms with Crippen LogP contribution in [0.15, 0.2) is 46.4 Å². The Bertz CT molecular complexity index is 957. The summed E-state index contributed by atoms with van der Waals surface area (Å²) in [6.07, 6.45) is 1.50. The third-order valence-electron chi connectivity index (χ3n) is 3.40. The van der Waals surface area contributed by atoms with Crippen LogP contribution in [0.25, 0.3) is 10.8 Å². The Morgan fingerprint density at radius 3 is 2.22 bits per heavy atom. The third-order valence-corrected chi connectivity index (χ3v) is 4.26. The molecule has 0 atom stereocenters. The number of carbonyl (C=O) groups excluding carboxylic acids is 3. The number of methoxy groups -OCH3 is 2. The van der Waals surface area contributed by atoms with Crippen molar-refractivity contribution in [3.63, 3.8) is 0 Å². The smallest absolute Gasteiger partial charge is 0.363 e. The Kier molecular flexibility index (Phi) is 5.32. The molecular formula is C18H13NO7S. The van der Waals surface area contributed by atoms with Crippen molar-refractivity contribution in [2.24, 2.45) is 0 Å². The molecule has 2 aromatic heterocycles. The molecule has 0 aliphatic rings. The summed E-state index contributed by atoms with van der Waals surface area (Å²) >= 11 is 1.22. The van der Waals surface area contributed by atoms with Crippen LogP contribution < -0.4 is 4.74 Å². The Balaban J connectivity index is 1.86. The first-order valence-electron chi connectivity index (χ1n) is 7.55. The number of benzene rings is 1. The lowest BCUT2D eigenvalue weighted by Crippen LogP contribution is -2.12. The van der Waals surface area contributed by atoms with Gasteiger partial charge in [0.1, 0.15) is 5.75 Å². The van der Waals surface area contributed by atoms with Crippen molar-refractivity contribution in [3.8, 4) is 16.5 Å². The Hall–Kier alpha value is -3.46. The SMILES string of the molecule is COC(=O)c1cc(OC(=O)c2csc(-c3ccco3)n2)cc(C(=O)OC)c1. The number of ether oxygens (including phenoxy) is 3. The molecule has 138 valence electrons. The fraction of sp³-hybridized carbons (Fsp3) is 0.111. The maximum Gasteiger partial charge on any atom is 0.363 e. The molecule has 2 heterocycles. The number of thiazole rings is 1. The molecule has 3 aromatic rings. The molecule has 0 N–H and O–H groups in total. The number of esters is 3. The van der Waals surface area contributed by atoms with Crippen LogP contribution in [0.5, 0.6) is 5.75 Å². The molecule has 27 heavy (non-hydrogen) atoms. The molecule has 9 heteroatoms. The number of rotatable bonds is 5. The van der Waals surface area contributed by atoms with Crippen LogP contribution in [0.4, 0.5) is 0 Å². The number of hydrogen-bond acceptors (Lipinski definition) is 9. The van der Waals surface area contributed by atoms with Gasteiger partial charge in [-0.15, -0.1) is 11.3 Å². The van der Waals surface area contributed by atoms with Gasteiger partial charge < -0.3 is 18.6 Å². The molecule has 0 spiro atoms. The highest BCUT2D eigenvalue weighted by Gasteiger charge is 2.19. The average Bonchev–Trinajstić information content (AvgIpc) is 3.37. The van der Waals surface area contributed by atoms with Crippen molar-refractivity contribution in [1.29, 1.82) is 0 Å². The predicted molar refractivity (Wildman–Crippen MR) is 93.9 cm³/mol. The van der Waals surface area contributed by atoms with Gasteiger partial charge in [0.2, 0.25) is 0 Å². The van der Waals surface area contributed by atoms with Crippen molar-refractivity contribution < 1.29 is 33.0 Å². The summed E-state index contributed by atoms with van der Waals surface area (Å²) in [6.45, 7) is 0. The molecule has 0 unspecified atom stereocenters. The number of aromatic nitrogens is 1. The topological polar surface area (TPSA) is 105 Å². The lowest BCUT2D eigenvalue weighted by Gasteiger charge is -2.08. The second-order valence-corrected chi connectivity index (χ2v) is 5.99. The second kappa shape index (κ2) is 7.83. The van der Waals surface area contributed by atoms with Crippen molar-refractivity contribution in [2.45, 2.75) is 0 Å². The summed E-state index contributed by atoms with van der Waals surface area (Å²) in [5.41, 5.74) is 0.144. The van der Waals surface area contributed by atoms with Crippen LogP contribution in [0, 0.1) is 0 Å². The molecule has 0 radical (unpaired) electrons. The van der Waals surface area contributed by atoms with E-state index in [9.17, 15) is 14.4 Å². The second-order valence-electron chi connectivity index (χ2n) is 5.13. The quantitative estimate of drug-likeness (QED) is 0.485. The number of furan rings is 1. The zero-order valence-corrected chi connectivity index (χ0v) is 15.1. The van der Waals surface area contributed by atoms with Crippen molar-refractivity contribution in [2.75, 3.05) is 14.2 Å². The minimum atomic E-state index is -0.748. The molecule has 0 aliphatic carbocycles. The standard InChI is InChI=1S/C18H13NO7S/c1-23-16(20)10-6-11(17(21)24-2)8-12(7-10)26-18(22)13-9-27-15(19-13)14-4-3-5-25-14/h3-9H,1-2H3. The summed E-state index contributed by atoms with van der Waals surface area (Å²) in [4.78, 5) is 40.1. The van der Waals surface area contributed by atoms with E-state index in [1.54, 1.807) is 12.1 Å². The Labute approximate surface area is 157 Å². The molecule has 0 fully saturated rings. The van der Waals surface area contributed by atoms with Gasteiger partial charge >= 0.3 is 17.9 Å². The molecule has 0 saturated heterocycles. The zero-order chi connectivity index (χ0) is 19.4. The highest BCUT2D eigenvalue weighted by molar-refractivity contribution is 7.13. The molecule has 1 aromatic carbocycles. The fourth-order valence-corrected chi connectivity index (χ4v) is 2.93. The lowest BCUT2D eigenvalue weighted by molar-refractivity contribution is 0.0593. The summed E-state index contributed by atoms with van der Waals surface area (Å²) in [6, 6.07) is 7.29. The highest BCUT2D eigenvalue weighted by Crippen LogP contribution is 2.25. The van der Waals surface area contributed by atoms with Gasteiger partial charge in [-0.1, -0.05) is 0 Å². The number of nitrogens with zero attached hydrogens (tertiary/aromatic N) is 1. The third kappa shape index (κ3) is 4.04. The molecular weight excluding hydrogens is 374 g/mol. The van der Waals surface area contributed by atoms with E-state index in [1.165, 1.54) is 55.4 Å². The van der Waals surface area contributed by atoms with E-state index in [4.69, 9.17) is 9.15 Å². The van der Waals surface area contributed by atoms with Crippen LogP contribution in [0.1, 0.15) is 31.2 Å². The van der Waals surface area contributed by atoms with Gasteiger partial charge in [0, 0.05) is 5.38 Å². The predicted octanol–water partition coefficient (Wildman–Crippen LogP) is 3.20. The maximum absolute atomic E-state index is 12.4. The van der Waals surface area contributed by atoms with E-state index < -0.39 is 17.9 Å². The molecule has 3 rings (SSSR count). The van der Waals surface area contributed by atoms with E-state index in [-0.39, 0.29) is 22.6 Å². The van der Waals surface area contributed by atoms with Crippen molar-refractivity contribution in [1.82, 2.24) is 4.98 Å². The van der Waals surface area contributed by atoms with E-state index in [1.807, 2.05) is 0 Å². The van der Waals surface area contributed by atoms with Gasteiger partial charge in [-0.2, -0.15) is 0 Å². The highest BCUT2D eigenvalue weighted by atomic mass is 32.1. The van der Waals surface area contributed by atoms with Gasteiger partial charge in [-0.3, -0.25) is 0 Å². The van der Waals surface area contributed by atoms with Crippen molar-refractivity contribution >= 4 is 29.2 Å². The first-order valence-corrected chi connectivity index (χ1v) is 8.43. The monoisotopic (exact) mass is 387 g/mol. The normalized spacial score (nSPS) is 10.3. The summed E-state index contributed by atoms with van der Waals surface area (Å²) in [5.74, 6) is -1.61. The number of hydrogen-bond donors (Lipinski definition) is 0.